The number of hydrogen-bond donors (Lipinski definition) is 0. The Morgan fingerprint density at radius 2 is 1.00 bits per heavy atom. The van der Waals surface area contributed by atoms with E-state index in [1.54, 1.807) is 0 Å². The smallest absolute Gasteiger partial charge is 0.0794 e. The highest BCUT2D eigenvalue weighted by atomic mass is 15.2. The van der Waals surface area contributed by atoms with Crippen molar-refractivity contribution in [1.82, 2.24) is 4.98 Å². The number of nitrogens with zero attached hydrogens (tertiary/aromatic N) is 2. The Morgan fingerprint density at radius 1 is 0.473 bits per heavy atom. The van der Waals surface area contributed by atoms with Gasteiger partial charge in [0, 0.05) is 38.6 Å². The minimum atomic E-state index is -0.142. The van der Waals surface area contributed by atoms with Gasteiger partial charge in [0.2, 0.25) is 0 Å². The summed E-state index contributed by atoms with van der Waals surface area (Å²) in [5.74, 6) is 0. The zero-order valence-corrected chi connectivity index (χ0v) is 42.9. The molecular formula is C72H58N2. The van der Waals surface area contributed by atoms with Gasteiger partial charge in [0.1, 0.15) is 0 Å². The third-order valence-electron chi connectivity index (χ3n) is 16.5. The van der Waals surface area contributed by atoms with E-state index in [9.17, 15) is 0 Å². The van der Waals surface area contributed by atoms with Gasteiger partial charge < -0.3 is 4.90 Å². The third kappa shape index (κ3) is 7.26. The van der Waals surface area contributed by atoms with Crippen molar-refractivity contribution in [2.75, 3.05) is 4.90 Å². The summed E-state index contributed by atoms with van der Waals surface area (Å²) in [4.78, 5) is 8.11. The lowest BCUT2D eigenvalue weighted by atomic mass is 9.81. The fourth-order valence-electron chi connectivity index (χ4n) is 12.5. The largest absolute Gasteiger partial charge is 0.310 e. The molecule has 356 valence electrons. The van der Waals surface area contributed by atoms with Crippen molar-refractivity contribution in [2.24, 2.45) is 0 Å². The van der Waals surface area contributed by atoms with Crippen LogP contribution >= 0.6 is 0 Å². The Kier molecular flexibility index (Phi) is 10.8. The first-order valence-electron chi connectivity index (χ1n) is 26.2. The normalized spacial score (nSPS) is 15.0. The van der Waals surface area contributed by atoms with Crippen molar-refractivity contribution in [2.45, 2.75) is 58.3 Å². The lowest BCUT2D eigenvalue weighted by molar-refractivity contribution is 0.660. The number of pyridine rings is 1. The molecule has 0 unspecified atom stereocenters. The van der Waals surface area contributed by atoms with E-state index in [0.29, 0.717) is 0 Å². The van der Waals surface area contributed by atoms with Crippen LogP contribution in [-0.2, 0) is 10.8 Å². The maximum Gasteiger partial charge on any atom is 0.0794 e. The van der Waals surface area contributed by atoms with E-state index in [0.717, 1.165) is 74.2 Å². The molecule has 3 aliphatic carbocycles. The van der Waals surface area contributed by atoms with E-state index in [1.807, 2.05) is 0 Å². The summed E-state index contributed by atoms with van der Waals surface area (Å²) in [6.45, 7) is 16.6. The zero-order valence-electron chi connectivity index (χ0n) is 42.9. The van der Waals surface area contributed by atoms with Gasteiger partial charge in [-0.3, -0.25) is 0 Å². The van der Waals surface area contributed by atoms with E-state index in [-0.39, 0.29) is 10.8 Å². The summed E-state index contributed by atoms with van der Waals surface area (Å²) in [5.41, 5.74) is 26.1. The first-order chi connectivity index (χ1) is 36.1. The Balaban J connectivity index is 1.03. The summed E-state index contributed by atoms with van der Waals surface area (Å²) in [7, 11) is 0. The summed E-state index contributed by atoms with van der Waals surface area (Å²) in [6.07, 6.45) is 8.57. The maximum atomic E-state index is 5.71. The first-order valence-corrected chi connectivity index (χ1v) is 26.2. The van der Waals surface area contributed by atoms with Crippen molar-refractivity contribution in [1.29, 1.82) is 0 Å². The van der Waals surface area contributed by atoms with Crippen LogP contribution in [0.4, 0.5) is 5.69 Å². The predicted molar refractivity (Wildman–Crippen MR) is 314 cm³/mol. The van der Waals surface area contributed by atoms with Gasteiger partial charge >= 0.3 is 0 Å². The highest BCUT2D eigenvalue weighted by Crippen LogP contribution is 2.52. The minimum absolute atomic E-state index is 0.123. The number of fused-ring (bicyclic) bond motifs is 9. The van der Waals surface area contributed by atoms with Crippen molar-refractivity contribution in [3.8, 4) is 55.8 Å². The summed E-state index contributed by atoms with van der Waals surface area (Å²) < 4.78 is 0. The molecule has 0 saturated heterocycles. The predicted octanol–water partition coefficient (Wildman–Crippen LogP) is 19.2. The average molecular weight is 951 g/mol. The fraction of sp³-hybridized carbons (Fsp3) is 0.125. The van der Waals surface area contributed by atoms with Gasteiger partial charge in [-0.05, 0) is 151 Å². The molecule has 2 heteroatoms. The number of hydrogen-bond acceptors (Lipinski definition) is 2. The van der Waals surface area contributed by atoms with Crippen LogP contribution in [0.25, 0.3) is 88.7 Å². The number of benzene rings is 9. The molecule has 0 spiro atoms. The molecule has 13 rings (SSSR count). The molecule has 9 aromatic carbocycles. The topological polar surface area (TPSA) is 16.1 Å². The monoisotopic (exact) mass is 950 g/mol. The van der Waals surface area contributed by atoms with E-state index in [4.69, 9.17) is 11.6 Å². The lowest BCUT2D eigenvalue weighted by Crippen LogP contribution is -2.23. The number of rotatable bonds is 9. The molecule has 74 heavy (non-hydrogen) atoms. The highest BCUT2D eigenvalue weighted by Gasteiger charge is 2.37. The van der Waals surface area contributed by atoms with Crippen LogP contribution in [0.5, 0.6) is 0 Å². The van der Waals surface area contributed by atoms with Crippen LogP contribution in [0.3, 0.4) is 0 Å². The Morgan fingerprint density at radius 3 is 1.64 bits per heavy atom. The lowest BCUT2D eigenvalue weighted by Gasteiger charge is -2.33. The van der Waals surface area contributed by atoms with E-state index < -0.39 is 0 Å². The molecule has 0 atom stereocenters. The molecular weight excluding hydrogens is 893 g/mol. The standard InChI is InChI=1S/C72H58N2/c1-46(48-22-10-7-11-23-48)70(51-26-14-9-15-27-51)74(47(2)49-24-12-8-13-25-49)54-38-34-50(35-39-54)62-45-68(53-37-41-59-57-30-19-21-33-65(57)72(5,6)67(59)43-53)73-69-60-31-17-16-28-55(60)61(44-63(62)69)52-36-40-58-56-29-18-20-32-64(56)71(3,4)66(58)42-52/h7-12,14-24,26-45H,2,13,25H2,1,3-6H3/b70-46+. The number of aromatic nitrogens is 1. The van der Waals surface area contributed by atoms with Gasteiger partial charge in [0.15, 0.2) is 0 Å². The van der Waals surface area contributed by atoms with Gasteiger partial charge in [0.25, 0.3) is 0 Å². The number of anilines is 1. The number of allylic oxidation sites excluding steroid dienone is 5. The SMILES string of the molecule is C=C(C1=CC=CCC1)N(/C(=C(\C)c1ccccc1)c1ccccc1)c1ccc(-c2cc(-c3ccc4c(c3)C(C)(C)c3ccccc3-4)nc3c2cc(-c2ccc4c(c2)C(C)(C)c2ccccc2-4)c2ccccc23)cc1. The van der Waals surface area contributed by atoms with E-state index >= 15 is 0 Å². The maximum absolute atomic E-state index is 5.71. The van der Waals surface area contributed by atoms with Gasteiger partial charge in [-0.2, -0.15) is 0 Å². The molecule has 1 aromatic heterocycles. The second kappa shape index (κ2) is 17.6. The second-order valence-electron chi connectivity index (χ2n) is 21.5. The van der Waals surface area contributed by atoms with Crippen LogP contribution in [-0.4, -0.2) is 4.98 Å². The zero-order chi connectivity index (χ0) is 50.3. The van der Waals surface area contributed by atoms with Crippen LogP contribution in [0.15, 0.2) is 242 Å². The average Bonchev–Trinajstić information content (AvgIpc) is 3.83. The van der Waals surface area contributed by atoms with Gasteiger partial charge in [-0.25, -0.2) is 4.98 Å². The van der Waals surface area contributed by atoms with Crippen molar-refractivity contribution >= 4 is 38.6 Å². The van der Waals surface area contributed by atoms with Crippen molar-refractivity contribution in [3.05, 3.63) is 276 Å². The van der Waals surface area contributed by atoms with Crippen molar-refractivity contribution in [3.63, 3.8) is 0 Å². The summed E-state index contributed by atoms with van der Waals surface area (Å²) in [6, 6.07) is 76.4. The summed E-state index contributed by atoms with van der Waals surface area (Å²) in [5, 5.41) is 3.46. The molecule has 0 N–H and O–H groups in total. The van der Waals surface area contributed by atoms with Crippen LogP contribution in [0.1, 0.15) is 80.8 Å². The van der Waals surface area contributed by atoms with Crippen molar-refractivity contribution < 1.29 is 0 Å². The molecule has 10 aromatic rings. The van der Waals surface area contributed by atoms with Crippen LogP contribution < -0.4 is 4.90 Å². The van der Waals surface area contributed by atoms with E-state index in [2.05, 4.69) is 264 Å². The molecule has 2 nitrogen and oxygen atoms in total. The highest BCUT2D eigenvalue weighted by molar-refractivity contribution is 6.16. The van der Waals surface area contributed by atoms with Crippen LogP contribution in [0, 0.1) is 0 Å². The molecule has 0 amide bonds. The molecule has 1 heterocycles. The molecule has 0 aliphatic heterocycles. The molecule has 0 fully saturated rings. The Hall–Kier alpha value is -8.59. The van der Waals surface area contributed by atoms with Gasteiger partial charge in [-0.1, -0.05) is 222 Å². The third-order valence-corrected chi connectivity index (χ3v) is 16.5. The summed E-state index contributed by atoms with van der Waals surface area (Å²) >= 11 is 0. The minimum Gasteiger partial charge on any atom is -0.310 e. The Bertz CT molecular complexity index is 4010. The molecule has 3 aliphatic rings. The second-order valence-corrected chi connectivity index (χ2v) is 21.5. The molecule has 0 bridgehead atoms. The van der Waals surface area contributed by atoms with Crippen LogP contribution in [0.2, 0.25) is 0 Å². The first kappa shape index (κ1) is 45.3. The quantitative estimate of drug-likeness (QED) is 0.106. The van der Waals surface area contributed by atoms with Gasteiger partial charge in [-0.15, -0.1) is 0 Å². The molecule has 0 radical (unpaired) electrons. The molecule has 0 saturated carbocycles. The van der Waals surface area contributed by atoms with Gasteiger partial charge in [0.05, 0.1) is 16.9 Å². The fourth-order valence-corrected chi connectivity index (χ4v) is 12.5. The Labute approximate surface area is 436 Å². The van der Waals surface area contributed by atoms with E-state index in [1.165, 1.54) is 77.7 Å².